The molecular weight excluding hydrogens is 348 g/mol. The topological polar surface area (TPSA) is 55.6 Å². The Balaban J connectivity index is 0.00000196. The molecule has 3 atom stereocenters. The molecule has 2 N–H and O–H groups in total. The third-order valence-electron chi connectivity index (χ3n) is 5.53. The summed E-state index contributed by atoms with van der Waals surface area (Å²) in [7, 11) is 0. The van der Waals surface area contributed by atoms with E-state index < -0.39 is 0 Å². The molecule has 2 fully saturated rings. The number of ether oxygens (including phenoxy) is 1. The highest BCUT2D eigenvalue weighted by Gasteiger charge is 2.42. The van der Waals surface area contributed by atoms with Crippen molar-refractivity contribution in [2.45, 2.75) is 25.5 Å². The minimum Gasteiger partial charge on any atom is -0.489 e. The van der Waals surface area contributed by atoms with Crippen molar-refractivity contribution in [1.29, 1.82) is 0 Å². The molecule has 1 saturated carbocycles. The zero-order valence-electron chi connectivity index (χ0n) is 14.7. The molecule has 4 nitrogen and oxygen atoms in total. The fourth-order valence-corrected chi connectivity index (χ4v) is 4.12. The number of likely N-dealkylation sites (tertiary alicyclic amines) is 1. The minimum absolute atomic E-state index is 0. The number of carbonyl (C=O) groups is 1. The molecule has 0 bridgehead atoms. The largest absolute Gasteiger partial charge is 0.489 e. The minimum atomic E-state index is 0. The fourth-order valence-electron chi connectivity index (χ4n) is 4.12. The van der Waals surface area contributed by atoms with Gasteiger partial charge in [-0.25, -0.2) is 0 Å². The van der Waals surface area contributed by atoms with E-state index >= 15 is 0 Å². The van der Waals surface area contributed by atoms with Crippen molar-refractivity contribution < 1.29 is 9.53 Å². The van der Waals surface area contributed by atoms with Gasteiger partial charge in [0.15, 0.2) is 0 Å². The summed E-state index contributed by atoms with van der Waals surface area (Å²) in [6.45, 7) is 2.13. The van der Waals surface area contributed by atoms with Crippen LogP contribution in [0, 0.1) is 11.8 Å². The van der Waals surface area contributed by atoms with Gasteiger partial charge in [0.2, 0.25) is 0 Å². The summed E-state index contributed by atoms with van der Waals surface area (Å²) in [5, 5.41) is 0. The number of carbonyl (C=O) groups excluding carboxylic acids is 1. The Kier molecular flexibility index (Phi) is 5.84. The summed E-state index contributed by atoms with van der Waals surface area (Å²) < 4.78 is 5.85. The number of halogens is 1. The first-order valence-electron chi connectivity index (χ1n) is 9.02. The van der Waals surface area contributed by atoms with E-state index in [1.165, 1.54) is 0 Å². The van der Waals surface area contributed by atoms with E-state index in [2.05, 4.69) is 0 Å². The first-order chi connectivity index (χ1) is 12.2. The van der Waals surface area contributed by atoms with E-state index in [-0.39, 0.29) is 24.4 Å². The Morgan fingerprint density at radius 2 is 1.88 bits per heavy atom. The molecule has 1 heterocycles. The second-order valence-corrected chi connectivity index (χ2v) is 7.18. The Labute approximate surface area is 160 Å². The molecule has 1 saturated heterocycles. The van der Waals surface area contributed by atoms with E-state index in [9.17, 15) is 4.79 Å². The molecule has 1 aliphatic heterocycles. The summed E-state index contributed by atoms with van der Waals surface area (Å²) in [6.07, 6.45) is 2.25. The molecule has 1 aliphatic carbocycles. The van der Waals surface area contributed by atoms with Gasteiger partial charge in [0.05, 0.1) is 0 Å². The number of hydrogen-bond acceptors (Lipinski definition) is 3. The third kappa shape index (κ3) is 3.87. The Hall–Kier alpha value is -2.04. The average Bonchev–Trinajstić information content (AvgIpc) is 3.23. The molecule has 3 unspecified atom stereocenters. The van der Waals surface area contributed by atoms with Gasteiger partial charge in [0.25, 0.3) is 5.91 Å². The smallest absolute Gasteiger partial charge is 0.254 e. The van der Waals surface area contributed by atoms with E-state index in [0.717, 1.165) is 37.2 Å². The number of fused-ring (bicyclic) bond motifs is 1. The summed E-state index contributed by atoms with van der Waals surface area (Å²) >= 11 is 0. The Morgan fingerprint density at radius 1 is 1.08 bits per heavy atom. The van der Waals surface area contributed by atoms with Crippen molar-refractivity contribution in [2.75, 3.05) is 13.1 Å². The lowest BCUT2D eigenvalue weighted by Gasteiger charge is -2.19. The lowest BCUT2D eigenvalue weighted by atomic mass is 9.98. The van der Waals surface area contributed by atoms with Crippen LogP contribution < -0.4 is 10.5 Å². The van der Waals surface area contributed by atoms with E-state index in [1.54, 1.807) is 0 Å². The van der Waals surface area contributed by atoms with Gasteiger partial charge >= 0.3 is 0 Å². The third-order valence-corrected chi connectivity index (χ3v) is 5.53. The van der Waals surface area contributed by atoms with E-state index in [1.807, 2.05) is 59.5 Å². The molecule has 5 heteroatoms. The van der Waals surface area contributed by atoms with Crippen molar-refractivity contribution in [3.8, 4) is 5.75 Å². The van der Waals surface area contributed by atoms with Crippen molar-refractivity contribution in [3.63, 3.8) is 0 Å². The van der Waals surface area contributed by atoms with Crippen molar-refractivity contribution in [1.82, 2.24) is 4.90 Å². The van der Waals surface area contributed by atoms with Crippen LogP contribution in [-0.4, -0.2) is 29.9 Å². The van der Waals surface area contributed by atoms with Crippen LogP contribution in [-0.2, 0) is 6.61 Å². The molecule has 0 aromatic heterocycles. The van der Waals surface area contributed by atoms with Crippen LogP contribution >= 0.6 is 12.4 Å². The van der Waals surface area contributed by atoms with E-state index in [0.29, 0.717) is 24.0 Å². The van der Waals surface area contributed by atoms with Crippen LogP contribution in [0.2, 0.25) is 0 Å². The van der Waals surface area contributed by atoms with Gasteiger partial charge in [-0.1, -0.05) is 36.4 Å². The maximum absolute atomic E-state index is 12.8. The second kappa shape index (κ2) is 8.11. The summed E-state index contributed by atoms with van der Waals surface area (Å²) in [5.41, 5.74) is 7.99. The predicted octanol–water partition coefficient (Wildman–Crippen LogP) is 3.50. The normalized spacial score (nSPS) is 24.0. The number of rotatable bonds is 4. The van der Waals surface area contributed by atoms with Crippen LogP contribution in [0.1, 0.15) is 28.8 Å². The molecule has 0 spiro atoms. The Morgan fingerprint density at radius 3 is 2.65 bits per heavy atom. The Bertz CT molecular complexity index is 753. The highest BCUT2D eigenvalue weighted by atomic mass is 35.5. The van der Waals surface area contributed by atoms with Crippen molar-refractivity contribution >= 4 is 18.3 Å². The number of hydrogen-bond donors (Lipinski definition) is 1. The lowest BCUT2D eigenvalue weighted by molar-refractivity contribution is 0.0779. The van der Waals surface area contributed by atoms with Gasteiger partial charge in [0.1, 0.15) is 12.4 Å². The second-order valence-electron chi connectivity index (χ2n) is 7.18. The maximum Gasteiger partial charge on any atom is 0.254 e. The lowest BCUT2D eigenvalue weighted by Crippen LogP contribution is -2.33. The summed E-state index contributed by atoms with van der Waals surface area (Å²) in [5.74, 6) is 1.87. The molecule has 0 radical (unpaired) electrons. The highest BCUT2D eigenvalue weighted by molar-refractivity contribution is 5.94. The van der Waals surface area contributed by atoms with Crippen molar-refractivity contribution in [2.24, 2.45) is 17.6 Å². The van der Waals surface area contributed by atoms with Crippen molar-refractivity contribution in [3.05, 3.63) is 65.7 Å². The molecule has 2 aliphatic rings. The fraction of sp³-hybridized carbons (Fsp3) is 0.381. The maximum atomic E-state index is 12.8. The summed E-state index contributed by atoms with van der Waals surface area (Å²) in [6, 6.07) is 17.8. The molecule has 26 heavy (non-hydrogen) atoms. The van der Waals surface area contributed by atoms with Crippen LogP contribution in [0.4, 0.5) is 0 Å². The quantitative estimate of drug-likeness (QED) is 0.893. The zero-order chi connectivity index (χ0) is 17.2. The SMILES string of the molecule is Cl.NC1CCC2CN(C(=O)c3cccc(OCc4ccccc4)c3)CC12. The predicted molar refractivity (Wildman–Crippen MR) is 105 cm³/mol. The van der Waals surface area contributed by atoms with Gasteiger partial charge in [0, 0.05) is 24.7 Å². The molecule has 2 aromatic carbocycles. The molecule has 4 rings (SSSR count). The number of amides is 1. The number of benzene rings is 2. The number of nitrogens with two attached hydrogens (primary N) is 1. The van der Waals surface area contributed by atoms with Crippen LogP contribution in [0.15, 0.2) is 54.6 Å². The van der Waals surface area contributed by atoms with Crippen LogP contribution in [0.25, 0.3) is 0 Å². The number of nitrogens with zero attached hydrogens (tertiary/aromatic N) is 1. The van der Waals surface area contributed by atoms with E-state index in [4.69, 9.17) is 10.5 Å². The average molecular weight is 373 g/mol. The standard InChI is InChI=1S/C21H24N2O2.ClH/c22-20-10-9-17-12-23(13-19(17)20)21(24)16-7-4-8-18(11-16)25-14-15-5-2-1-3-6-15;/h1-8,11,17,19-20H,9-10,12-14,22H2;1H. The summed E-state index contributed by atoms with van der Waals surface area (Å²) in [4.78, 5) is 14.8. The molecule has 2 aromatic rings. The first-order valence-corrected chi connectivity index (χ1v) is 9.02. The molecular formula is C21H25ClN2O2. The van der Waals surface area contributed by atoms with Gasteiger partial charge in [-0.15, -0.1) is 12.4 Å². The first kappa shape index (κ1) is 18.7. The monoisotopic (exact) mass is 372 g/mol. The van der Waals surface area contributed by atoms with Crippen LogP contribution in [0.3, 0.4) is 0 Å². The van der Waals surface area contributed by atoms with Gasteiger partial charge < -0.3 is 15.4 Å². The zero-order valence-corrected chi connectivity index (χ0v) is 15.5. The molecule has 1 amide bonds. The van der Waals surface area contributed by atoms with Gasteiger partial charge in [-0.2, -0.15) is 0 Å². The van der Waals surface area contributed by atoms with Gasteiger partial charge in [-0.05, 0) is 48.4 Å². The van der Waals surface area contributed by atoms with Gasteiger partial charge in [-0.3, -0.25) is 4.79 Å². The molecule has 138 valence electrons. The highest BCUT2D eigenvalue weighted by Crippen LogP contribution is 2.37. The van der Waals surface area contributed by atoms with Crippen LogP contribution in [0.5, 0.6) is 5.75 Å².